The number of aliphatic hydroxyl groups excluding tert-OH is 1. The zero-order valence-electron chi connectivity index (χ0n) is 10.9. The first-order valence-corrected chi connectivity index (χ1v) is 7.36. The molecular formula is C15H17NO2S. The summed E-state index contributed by atoms with van der Waals surface area (Å²) in [5, 5.41) is 10.9. The fourth-order valence-electron chi connectivity index (χ4n) is 2.53. The van der Waals surface area contributed by atoms with Crippen LogP contribution in [0.3, 0.4) is 0 Å². The highest BCUT2D eigenvalue weighted by Crippen LogP contribution is 2.37. The van der Waals surface area contributed by atoms with E-state index in [2.05, 4.69) is 4.98 Å². The van der Waals surface area contributed by atoms with E-state index in [1.807, 2.05) is 30.3 Å². The number of thiazole rings is 1. The van der Waals surface area contributed by atoms with Crippen LogP contribution in [0.1, 0.15) is 46.2 Å². The second-order valence-corrected chi connectivity index (χ2v) is 5.91. The van der Waals surface area contributed by atoms with E-state index in [4.69, 9.17) is 4.74 Å². The highest BCUT2D eigenvalue weighted by molar-refractivity contribution is 7.11. The molecule has 1 aromatic heterocycles. The molecule has 3 rings (SSSR count). The Kier molecular flexibility index (Phi) is 3.64. The predicted octanol–water partition coefficient (Wildman–Crippen LogP) is 3.25. The summed E-state index contributed by atoms with van der Waals surface area (Å²) in [6.45, 7) is 0. The van der Waals surface area contributed by atoms with E-state index in [1.165, 1.54) is 4.88 Å². The Bertz CT molecular complexity index is 553. The van der Waals surface area contributed by atoms with Gasteiger partial charge in [-0.15, -0.1) is 11.3 Å². The summed E-state index contributed by atoms with van der Waals surface area (Å²) in [6, 6.07) is 10.1. The van der Waals surface area contributed by atoms with Gasteiger partial charge in [-0.2, -0.15) is 0 Å². The quantitative estimate of drug-likeness (QED) is 0.935. The molecule has 4 heteroatoms. The molecule has 3 nitrogen and oxygen atoms in total. The lowest BCUT2D eigenvalue weighted by Crippen LogP contribution is -2.08. The molecule has 100 valence electrons. The van der Waals surface area contributed by atoms with Crippen LogP contribution in [-0.4, -0.2) is 17.2 Å². The van der Waals surface area contributed by atoms with Gasteiger partial charge in [0.2, 0.25) is 0 Å². The van der Waals surface area contributed by atoms with E-state index in [1.54, 1.807) is 18.4 Å². The number of hydrogen-bond acceptors (Lipinski definition) is 4. The number of nitrogens with zero attached hydrogens (tertiary/aromatic N) is 1. The monoisotopic (exact) mass is 275 g/mol. The van der Waals surface area contributed by atoms with Crippen molar-refractivity contribution < 1.29 is 9.84 Å². The zero-order valence-corrected chi connectivity index (χ0v) is 11.7. The SMILES string of the molecule is COC(c1ccccc1)c1nc2c(s1)CCCC2O. The van der Waals surface area contributed by atoms with Crippen LogP contribution < -0.4 is 0 Å². The first-order chi connectivity index (χ1) is 9.29. The summed E-state index contributed by atoms with van der Waals surface area (Å²) < 4.78 is 5.60. The normalized spacial score (nSPS) is 20.0. The van der Waals surface area contributed by atoms with Gasteiger partial charge in [-0.1, -0.05) is 30.3 Å². The molecule has 0 amide bonds. The Hall–Kier alpha value is -1.23. The lowest BCUT2D eigenvalue weighted by atomic mass is 10.0. The minimum Gasteiger partial charge on any atom is -0.387 e. The van der Waals surface area contributed by atoms with Crippen molar-refractivity contribution in [3.8, 4) is 0 Å². The maximum atomic E-state index is 10.0. The molecule has 0 fully saturated rings. The van der Waals surface area contributed by atoms with Gasteiger partial charge in [0.15, 0.2) is 0 Å². The van der Waals surface area contributed by atoms with Crippen molar-refractivity contribution in [1.29, 1.82) is 0 Å². The molecule has 1 N–H and O–H groups in total. The van der Waals surface area contributed by atoms with Gasteiger partial charge < -0.3 is 9.84 Å². The number of ether oxygens (including phenoxy) is 1. The number of aliphatic hydroxyl groups is 1. The summed E-state index contributed by atoms with van der Waals surface area (Å²) in [5.41, 5.74) is 1.97. The van der Waals surface area contributed by atoms with E-state index >= 15 is 0 Å². The molecule has 2 atom stereocenters. The van der Waals surface area contributed by atoms with E-state index < -0.39 is 6.10 Å². The van der Waals surface area contributed by atoms with Crippen molar-refractivity contribution in [3.05, 3.63) is 51.5 Å². The van der Waals surface area contributed by atoms with Crippen LogP contribution in [0.25, 0.3) is 0 Å². The Morgan fingerprint density at radius 2 is 2.16 bits per heavy atom. The number of rotatable bonds is 3. The largest absolute Gasteiger partial charge is 0.387 e. The molecule has 1 heterocycles. The summed E-state index contributed by atoms with van der Waals surface area (Å²) in [4.78, 5) is 5.84. The lowest BCUT2D eigenvalue weighted by molar-refractivity contribution is 0.133. The number of aromatic nitrogens is 1. The van der Waals surface area contributed by atoms with Gasteiger partial charge in [-0.05, 0) is 24.8 Å². The minimum absolute atomic E-state index is 0.135. The summed E-state index contributed by atoms with van der Waals surface area (Å²) in [6.07, 6.45) is 2.35. The molecule has 0 bridgehead atoms. The predicted molar refractivity (Wildman–Crippen MR) is 75.3 cm³/mol. The van der Waals surface area contributed by atoms with Gasteiger partial charge in [0, 0.05) is 12.0 Å². The molecule has 0 radical (unpaired) electrons. The van der Waals surface area contributed by atoms with E-state index in [0.717, 1.165) is 35.5 Å². The van der Waals surface area contributed by atoms with Gasteiger partial charge in [0.1, 0.15) is 11.1 Å². The number of aryl methyl sites for hydroxylation is 1. The van der Waals surface area contributed by atoms with Crippen molar-refractivity contribution in [2.75, 3.05) is 7.11 Å². The zero-order chi connectivity index (χ0) is 13.2. The number of benzene rings is 1. The molecule has 1 aliphatic carbocycles. The average molecular weight is 275 g/mol. The Morgan fingerprint density at radius 1 is 1.37 bits per heavy atom. The summed E-state index contributed by atoms with van der Waals surface area (Å²) >= 11 is 1.67. The Morgan fingerprint density at radius 3 is 2.84 bits per heavy atom. The van der Waals surface area contributed by atoms with Gasteiger partial charge in [-0.3, -0.25) is 0 Å². The summed E-state index contributed by atoms with van der Waals surface area (Å²) in [5.74, 6) is 0. The van der Waals surface area contributed by atoms with Crippen LogP contribution in [0.5, 0.6) is 0 Å². The van der Waals surface area contributed by atoms with Gasteiger partial charge in [0.05, 0.1) is 11.8 Å². The van der Waals surface area contributed by atoms with Crippen molar-refractivity contribution in [2.24, 2.45) is 0 Å². The number of methoxy groups -OCH3 is 1. The molecule has 1 aromatic carbocycles. The molecule has 19 heavy (non-hydrogen) atoms. The first kappa shape index (κ1) is 12.8. The molecule has 1 aliphatic rings. The molecule has 2 unspecified atom stereocenters. The third-order valence-electron chi connectivity index (χ3n) is 3.50. The number of fused-ring (bicyclic) bond motifs is 1. The summed E-state index contributed by atoms with van der Waals surface area (Å²) in [7, 11) is 1.70. The second kappa shape index (κ2) is 5.41. The average Bonchev–Trinajstić information content (AvgIpc) is 2.86. The molecule has 0 saturated carbocycles. The third-order valence-corrected chi connectivity index (χ3v) is 4.68. The topological polar surface area (TPSA) is 42.4 Å². The van der Waals surface area contributed by atoms with Crippen molar-refractivity contribution in [3.63, 3.8) is 0 Å². The van der Waals surface area contributed by atoms with E-state index in [-0.39, 0.29) is 6.10 Å². The van der Waals surface area contributed by atoms with Crippen LogP contribution >= 0.6 is 11.3 Å². The second-order valence-electron chi connectivity index (χ2n) is 4.79. The van der Waals surface area contributed by atoms with Crippen LogP contribution in [0.15, 0.2) is 30.3 Å². The van der Waals surface area contributed by atoms with Crippen molar-refractivity contribution >= 4 is 11.3 Å². The van der Waals surface area contributed by atoms with E-state index in [9.17, 15) is 5.11 Å². The molecule has 2 aromatic rings. The van der Waals surface area contributed by atoms with Crippen LogP contribution in [0.4, 0.5) is 0 Å². The molecule has 0 spiro atoms. The lowest BCUT2D eigenvalue weighted by Gasteiger charge is -2.15. The fraction of sp³-hybridized carbons (Fsp3) is 0.400. The Balaban J connectivity index is 1.97. The van der Waals surface area contributed by atoms with Gasteiger partial charge >= 0.3 is 0 Å². The number of hydrogen-bond donors (Lipinski definition) is 1. The van der Waals surface area contributed by atoms with Crippen LogP contribution in [-0.2, 0) is 11.2 Å². The molecular weight excluding hydrogens is 258 g/mol. The minimum atomic E-state index is -0.401. The van der Waals surface area contributed by atoms with Crippen molar-refractivity contribution in [2.45, 2.75) is 31.5 Å². The third kappa shape index (κ3) is 2.43. The van der Waals surface area contributed by atoms with Gasteiger partial charge in [-0.25, -0.2) is 4.98 Å². The molecule has 0 saturated heterocycles. The smallest absolute Gasteiger partial charge is 0.134 e. The highest BCUT2D eigenvalue weighted by atomic mass is 32.1. The maximum Gasteiger partial charge on any atom is 0.134 e. The molecule has 0 aliphatic heterocycles. The van der Waals surface area contributed by atoms with Crippen molar-refractivity contribution in [1.82, 2.24) is 4.98 Å². The van der Waals surface area contributed by atoms with Crippen LogP contribution in [0.2, 0.25) is 0 Å². The maximum absolute atomic E-state index is 10.0. The first-order valence-electron chi connectivity index (χ1n) is 6.55. The van der Waals surface area contributed by atoms with Crippen LogP contribution in [0, 0.1) is 0 Å². The van der Waals surface area contributed by atoms with E-state index in [0.29, 0.717) is 0 Å². The fourth-order valence-corrected chi connectivity index (χ4v) is 3.80. The van der Waals surface area contributed by atoms with Gasteiger partial charge in [0.25, 0.3) is 0 Å². The standard InChI is InChI=1S/C15H17NO2S/c1-18-14(10-6-3-2-4-7-10)15-16-13-11(17)8-5-9-12(13)19-15/h2-4,6-7,11,14,17H,5,8-9H2,1H3. The highest BCUT2D eigenvalue weighted by Gasteiger charge is 2.26. The Labute approximate surface area is 116 Å².